The van der Waals surface area contributed by atoms with Gasteiger partial charge in [-0.1, -0.05) is 18.2 Å². The van der Waals surface area contributed by atoms with Crippen LogP contribution in [-0.4, -0.2) is 18.9 Å². The van der Waals surface area contributed by atoms with Gasteiger partial charge in [0.05, 0.1) is 6.21 Å². The number of halogens is 1. The van der Waals surface area contributed by atoms with Crippen LogP contribution < -0.4 is 14.9 Å². The van der Waals surface area contributed by atoms with E-state index in [0.29, 0.717) is 17.1 Å². The normalized spacial score (nSPS) is 12.6. The number of hydrogen-bond donors (Lipinski definition) is 1. The first-order valence-corrected chi connectivity index (χ1v) is 7.42. The Balaban J connectivity index is 1.73. The summed E-state index contributed by atoms with van der Waals surface area (Å²) in [7, 11) is 0. The predicted molar refractivity (Wildman–Crippen MR) is 86.5 cm³/mol. The highest BCUT2D eigenvalue weighted by Crippen LogP contribution is 2.36. The first-order chi connectivity index (χ1) is 10.6. The SMILES string of the molecule is Cc1ccccc1C(=O)N/N=C\c1cc2c(cc1Br)OCO2. The molecule has 3 rings (SSSR count). The Hall–Kier alpha value is -2.34. The fourth-order valence-corrected chi connectivity index (χ4v) is 2.50. The molecule has 1 heterocycles. The quantitative estimate of drug-likeness (QED) is 0.675. The van der Waals surface area contributed by atoms with Crippen molar-refractivity contribution in [1.29, 1.82) is 0 Å². The summed E-state index contributed by atoms with van der Waals surface area (Å²) in [5, 5.41) is 3.99. The molecule has 22 heavy (non-hydrogen) atoms. The minimum absolute atomic E-state index is 0.215. The Morgan fingerprint density at radius 1 is 1.27 bits per heavy atom. The number of hydrazone groups is 1. The van der Waals surface area contributed by atoms with Crippen molar-refractivity contribution in [2.75, 3.05) is 6.79 Å². The van der Waals surface area contributed by atoms with Crippen LogP contribution in [0.2, 0.25) is 0 Å². The van der Waals surface area contributed by atoms with Crippen LogP contribution in [0.5, 0.6) is 11.5 Å². The number of hydrogen-bond acceptors (Lipinski definition) is 4. The summed E-state index contributed by atoms with van der Waals surface area (Å²) in [6, 6.07) is 11.0. The molecule has 0 spiro atoms. The molecule has 2 aromatic rings. The minimum atomic E-state index is -0.244. The standard InChI is InChI=1S/C16H13BrN2O3/c1-10-4-2-3-5-12(10)16(20)19-18-8-11-6-14-15(7-13(11)17)22-9-21-14/h2-8H,9H2,1H3,(H,19,20)/b18-8-. The van der Waals surface area contributed by atoms with Gasteiger partial charge in [0.2, 0.25) is 6.79 Å². The molecule has 0 unspecified atom stereocenters. The highest BCUT2D eigenvalue weighted by molar-refractivity contribution is 9.10. The van der Waals surface area contributed by atoms with Crippen LogP contribution >= 0.6 is 15.9 Å². The minimum Gasteiger partial charge on any atom is -0.454 e. The van der Waals surface area contributed by atoms with Crippen molar-refractivity contribution in [2.24, 2.45) is 5.10 Å². The van der Waals surface area contributed by atoms with E-state index in [2.05, 4.69) is 26.5 Å². The molecule has 0 fully saturated rings. The summed E-state index contributed by atoms with van der Waals surface area (Å²) >= 11 is 3.43. The van der Waals surface area contributed by atoms with Gasteiger partial charge in [0, 0.05) is 15.6 Å². The zero-order valence-corrected chi connectivity index (χ0v) is 13.4. The second kappa shape index (κ2) is 6.19. The molecule has 1 aliphatic heterocycles. The monoisotopic (exact) mass is 360 g/mol. The van der Waals surface area contributed by atoms with Gasteiger partial charge in [-0.05, 0) is 46.6 Å². The lowest BCUT2D eigenvalue weighted by Crippen LogP contribution is -2.18. The van der Waals surface area contributed by atoms with Gasteiger partial charge in [0.25, 0.3) is 5.91 Å². The number of carbonyl (C=O) groups is 1. The van der Waals surface area contributed by atoms with Crippen molar-refractivity contribution < 1.29 is 14.3 Å². The molecule has 0 aliphatic carbocycles. The number of rotatable bonds is 3. The van der Waals surface area contributed by atoms with Crippen molar-refractivity contribution in [2.45, 2.75) is 6.92 Å². The van der Waals surface area contributed by atoms with E-state index in [0.717, 1.165) is 15.6 Å². The highest BCUT2D eigenvalue weighted by Gasteiger charge is 2.15. The molecule has 0 atom stereocenters. The Morgan fingerprint density at radius 3 is 2.77 bits per heavy atom. The molecule has 0 radical (unpaired) electrons. The lowest BCUT2D eigenvalue weighted by Gasteiger charge is -2.04. The summed E-state index contributed by atoms with van der Waals surface area (Å²) in [6.07, 6.45) is 1.56. The van der Waals surface area contributed by atoms with Crippen LogP contribution in [0.3, 0.4) is 0 Å². The molecule has 0 saturated carbocycles. The van der Waals surface area contributed by atoms with Gasteiger partial charge < -0.3 is 9.47 Å². The third-order valence-corrected chi connectivity index (χ3v) is 3.94. The fourth-order valence-electron chi connectivity index (χ4n) is 2.08. The first-order valence-electron chi connectivity index (χ1n) is 6.63. The van der Waals surface area contributed by atoms with Crippen LogP contribution in [-0.2, 0) is 0 Å². The second-order valence-electron chi connectivity index (χ2n) is 4.74. The molecule has 0 aromatic heterocycles. The molecule has 0 saturated heterocycles. The summed E-state index contributed by atoms with van der Waals surface area (Å²) in [5.74, 6) is 1.11. The number of nitrogens with one attached hydrogen (secondary N) is 1. The van der Waals surface area contributed by atoms with Gasteiger partial charge in [0.1, 0.15) is 0 Å². The average molecular weight is 361 g/mol. The third-order valence-electron chi connectivity index (χ3n) is 3.25. The highest BCUT2D eigenvalue weighted by atomic mass is 79.9. The van der Waals surface area contributed by atoms with Crippen LogP contribution in [0.1, 0.15) is 21.5 Å². The molecular weight excluding hydrogens is 348 g/mol. The predicted octanol–water partition coefficient (Wildman–Crippen LogP) is 3.25. The summed E-state index contributed by atoms with van der Waals surface area (Å²) in [6.45, 7) is 2.10. The van der Waals surface area contributed by atoms with Gasteiger partial charge in [-0.25, -0.2) is 5.43 Å². The Bertz CT molecular complexity index is 759. The Morgan fingerprint density at radius 2 is 2.00 bits per heavy atom. The zero-order chi connectivity index (χ0) is 15.5. The molecule has 5 nitrogen and oxygen atoms in total. The van der Waals surface area contributed by atoms with Crippen molar-refractivity contribution in [3.63, 3.8) is 0 Å². The van der Waals surface area contributed by atoms with Crippen LogP contribution in [0, 0.1) is 6.92 Å². The fraction of sp³-hybridized carbons (Fsp3) is 0.125. The van der Waals surface area contributed by atoms with Crippen molar-refractivity contribution in [3.05, 3.63) is 57.6 Å². The summed E-state index contributed by atoms with van der Waals surface area (Å²) < 4.78 is 11.4. The number of aryl methyl sites for hydroxylation is 1. The molecular formula is C16H13BrN2O3. The smallest absolute Gasteiger partial charge is 0.271 e. The van der Waals surface area contributed by atoms with Gasteiger partial charge in [-0.3, -0.25) is 4.79 Å². The number of amides is 1. The largest absolute Gasteiger partial charge is 0.454 e. The number of ether oxygens (including phenoxy) is 2. The molecule has 6 heteroatoms. The number of carbonyl (C=O) groups excluding carboxylic acids is 1. The summed E-state index contributed by atoms with van der Waals surface area (Å²) in [5.41, 5.74) is 4.81. The molecule has 2 aromatic carbocycles. The van der Waals surface area contributed by atoms with E-state index in [1.54, 1.807) is 18.3 Å². The van der Waals surface area contributed by atoms with E-state index in [9.17, 15) is 4.79 Å². The van der Waals surface area contributed by atoms with Gasteiger partial charge >= 0.3 is 0 Å². The lowest BCUT2D eigenvalue weighted by molar-refractivity contribution is 0.0954. The van der Waals surface area contributed by atoms with Crippen molar-refractivity contribution in [1.82, 2.24) is 5.43 Å². The molecule has 1 N–H and O–H groups in total. The van der Waals surface area contributed by atoms with Gasteiger partial charge in [-0.15, -0.1) is 0 Å². The Labute approximate surface area is 136 Å². The first kappa shape index (κ1) is 14.6. The molecule has 0 bridgehead atoms. The second-order valence-corrected chi connectivity index (χ2v) is 5.60. The van der Waals surface area contributed by atoms with E-state index in [1.165, 1.54) is 0 Å². The maximum Gasteiger partial charge on any atom is 0.271 e. The van der Waals surface area contributed by atoms with E-state index >= 15 is 0 Å². The van der Waals surface area contributed by atoms with E-state index in [4.69, 9.17) is 9.47 Å². The van der Waals surface area contributed by atoms with Gasteiger partial charge in [-0.2, -0.15) is 5.10 Å². The van der Waals surface area contributed by atoms with Crippen LogP contribution in [0.15, 0.2) is 46.0 Å². The molecule has 1 amide bonds. The zero-order valence-electron chi connectivity index (χ0n) is 11.8. The van der Waals surface area contributed by atoms with E-state index in [-0.39, 0.29) is 12.7 Å². The Kier molecular flexibility index (Phi) is 4.11. The van der Waals surface area contributed by atoms with Crippen molar-refractivity contribution >= 4 is 28.1 Å². The van der Waals surface area contributed by atoms with Crippen molar-refractivity contribution in [3.8, 4) is 11.5 Å². The lowest BCUT2D eigenvalue weighted by atomic mass is 10.1. The van der Waals surface area contributed by atoms with Crippen LogP contribution in [0.25, 0.3) is 0 Å². The average Bonchev–Trinajstić information content (AvgIpc) is 2.94. The van der Waals surface area contributed by atoms with E-state index < -0.39 is 0 Å². The maximum atomic E-state index is 12.0. The number of fused-ring (bicyclic) bond motifs is 1. The summed E-state index contributed by atoms with van der Waals surface area (Å²) in [4.78, 5) is 12.0. The molecule has 112 valence electrons. The maximum absolute atomic E-state index is 12.0. The van der Waals surface area contributed by atoms with E-state index in [1.807, 2.05) is 31.2 Å². The molecule has 1 aliphatic rings. The van der Waals surface area contributed by atoms with Gasteiger partial charge in [0.15, 0.2) is 11.5 Å². The topological polar surface area (TPSA) is 59.9 Å². The number of nitrogens with zero attached hydrogens (tertiary/aromatic N) is 1. The third kappa shape index (κ3) is 2.96. The van der Waals surface area contributed by atoms with Crippen LogP contribution in [0.4, 0.5) is 0 Å². The number of benzene rings is 2.